The van der Waals surface area contributed by atoms with Gasteiger partial charge in [-0.3, -0.25) is 9.69 Å². The zero-order valence-corrected chi connectivity index (χ0v) is 13.9. The molecule has 1 spiro atoms. The van der Waals surface area contributed by atoms with Crippen molar-refractivity contribution in [2.24, 2.45) is 0 Å². The maximum atomic E-state index is 12.2. The van der Waals surface area contributed by atoms with Crippen LogP contribution in [0.3, 0.4) is 0 Å². The van der Waals surface area contributed by atoms with E-state index in [1.165, 1.54) is 0 Å². The van der Waals surface area contributed by atoms with Gasteiger partial charge in [-0.1, -0.05) is 18.2 Å². The van der Waals surface area contributed by atoms with Crippen LogP contribution in [0.25, 0.3) is 0 Å². The Kier molecular flexibility index (Phi) is 4.43. The maximum absolute atomic E-state index is 12.2. The van der Waals surface area contributed by atoms with Crippen molar-refractivity contribution in [3.8, 4) is 5.75 Å². The Morgan fingerprint density at radius 1 is 1.21 bits per heavy atom. The van der Waals surface area contributed by atoms with E-state index in [9.17, 15) is 4.79 Å². The topological polar surface area (TPSA) is 51.2 Å². The number of nitrogens with zero attached hydrogens (tertiary/aromatic N) is 2. The number of hydrogen-bond acceptors (Lipinski definition) is 5. The zero-order valence-electron chi connectivity index (χ0n) is 13.9. The molecule has 1 atom stereocenters. The molecule has 0 aromatic heterocycles. The van der Waals surface area contributed by atoms with Gasteiger partial charge >= 0.3 is 0 Å². The SMILES string of the molecule is O=C(COc1ccccc1)N1CC2(CC(N3CCOCC3)CO2)C1. The molecule has 1 amide bonds. The Bertz CT molecular complexity index is 568. The van der Waals surface area contributed by atoms with Crippen LogP contribution in [0.5, 0.6) is 5.75 Å². The van der Waals surface area contributed by atoms with E-state index in [0.717, 1.165) is 45.1 Å². The average molecular weight is 332 g/mol. The predicted molar refractivity (Wildman–Crippen MR) is 88.0 cm³/mol. The molecule has 4 rings (SSSR count). The highest BCUT2D eigenvalue weighted by atomic mass is 16.5. The Labute approximate surface area is 142 Å². The van der Waals surface area contributed by atoms with Crippen LogP contribution in [0.2, 0.25) is 0 Å². The number of amides is 1. The number of ether oxygens (including phenoxy) is 3. The molecule has 3 saturated heterocycles. The number of morpholine rings is 1. The van der Waals surface area contributed by atoms with Gasteiger partial charge in [0.1, 0.15) is 11.4 Å². The minimum absolute atomic E-state index is 0.0305. The van der Waals surface area contributed by atoms with Gasteiger partial charge in [0, 0.05) is 19.1 Å². The molecule has 3 aliphatic rings. The summed E-state index contributed by atoms with van der Waals surface area (Å²) in [7, 11) is 0. The largest absolute Gasteiger partial charge is 0.484 e. The Morgan fingerprint density at radius 3 is 2.71 bits per heavy atom. The normalized spacial score (nSPS) is 26.3. The summed E-state index contributed by atoms with van der Waals surface area (Å²) >= 11 is 0. The molecule has 3 heterocycles. The Balaban J connectivity index is 1.23. The van der Waals surface area contributed by atoms with Crippen LogP contribution in [0.4, 0.5) is 0 Å². The molecule has 1 aromatic rings. The quantitative estimate of drug-likeness (QED) is 0.815. The summed E-state index contributed by atoms with van der Waals surface area (Å²) in [5.41, 5.74) is -0.134. The molecule has 24 heavy (non-hydrogen) atoms. The molecule has 1 unspecified atom stereocenters. The van der Waals surface area contributed by atoms with Gasteiger partial charge in [0.25, 0.3) is 5.91 Å². The number of rotatable bonds is 4. The highest BCUT2D eigenvalue weighted by molar-refractivity contribution is 5.79. The molecule has 130 valence electrons. The molecular formula is C18H24N2O4. The molecular weight excluding hydrogens is 308 g/mol. The van der Waals surface area contributed by atoms with Crippen molar-refractivity contribution in [1.82, 2.24) is 9.80 Å². The summed E-state index contributed by atoms with van der Waals surface area (Å²) in [6.45, 7) is 5.82. The summed E-state index contributed by atoms with van der Waals surface area (Å²) in [5, 5.41) is 0. The molecule has 0 saturated carbocycles. The lowest BCUT2D eigenvalue weighted by molar-refractivity contribution is -0.159. The van der Waals surface area contributed by atoms with E-state index in [0.29, 0.717) is 19.1 Å². The third-order valence-electron chi connectivity index (χ3n) is 5.17. The first-order chi connectivity index (χ1) is 11.7. The second-order valence-corrected chi connectivity index (χ2v) is 6.85. The van der Waals surface area contributed by atoms with Gasteiger partial charge in [-0.25, -0.2) is 0 Å². The Hall–Kier alpha value is -1.63. The third kappa shape index (κ3) is 3.27. The fraction of sp³-hybridized carbons (Fsp3) is 0.611. The lowest BCUT2D eigenvalue weighted by atomic mass is 9.89. The molecule has 0 aliphatic carbocycles. The van der Waals surface area contributed by atoms with E-state index in [4.69, 9.17) is 14.2 Å². The molecule has 6 heteroatoms. The van der Waals surface area contributed by atoms with Gasteiger partial charge in [0.2, 0.25) is 0 Å². The van der Waals surface area contributed by atoms with Crippen molar-refractivity contribution in [2.75, 3.05) is 52.6 Å². The van der Waals surface area contributed by atoms with Crippen molar-refractivity contribution in [3.63, 3.8) is 0 Å². The van der Waals surface area contributed by atoms with Crippen molar-refractivity contribution >= 4 is 5.91 Å². The van der Waals surface area contributed by atoms with Gasteiger partial charge in [0.15, 0.2) is 6.61 Å². The van der Waals surface area contributed by atoms with Gasteiger partial charge in [-0.05, 0) is 18.6 Å². The summed E-state index contributed by atoms with van der Waals surface area (Å²) in [6.07, 6.45) is 1.01. The first kappa shape index (κ1) is 15.9. The Morgan fingerprint density at radius 2 is 1.96 bits per heavy atom. The molecule has 0 bridgehead atoms. The van der Waals surface area contributed by atoms with Crippen LogP contribution in [-0.2, 0) is 14.3 Å². The second kappa shape index (κ2) is 6.70. The van der Waals surface area contributed by atoms with Crippen LogP contribution < -0.4 is 4.74 Å². The van der Waals surface area contributed by atoms with Gasteiger partial charge in [-0.15, -0.1) is 0 Å². The highest BCUT2D eigenvalue weighted by Crippen LogP contribution is 2.37. The molecule has 0 N–H and O–H groups in total. The lowest BCUT2D eigenvalue weighted by Gasteiger charge is -2.47. The van der Waals surface area contributed by atoms with Crippen LogP contribution in [0.1, 0.15) is 6.42 Å². The van der Waals surface area contributed by atoms with Crippen molar-refractivity contribution < 1.29 is 19.0 Å². The number of benzene rings is 1. The molecule has 3 fully saturated rings. The first-order valence-electron chi connectivity index (χ1n) is 8.66. The number of likely N-dealkylation sites (tertiary alicyclic amines) is 1. The van der Waals surface area contributed by atoms with E-state index in [-0.39, 0.29) is 18.1 Å². The van der Waals surface area contributed by atoms with E-state index in [2.05, 4.69) is 4.90 Å². The predicted octanol–water partition coefficient (Wildman–Crippen LogP) is 0.768. The zero-order chi connectivity index (χ0) is 16.4. The summed E-state index contributed by atoms with van der Waals surface area (Å²) < 4.78 is 17.0. The molecule has 6 nitrogen and oxygen atoms in total. The van der Waals surface area contributed by atoms with Crippen LogP contribution >= 0.6 is 0 Å². The van der Waals surface area contributed by atoms with Gasteiger partial charge in [-0.2, -0.15) is 0 Å². The first-order valence-corrected chi connectivity index (χ1v) is 8.66. The van der Waals surface area contributed by atoms with Gasteiger partial charge in [0.05, 0.1) is 32.9 Å². The molecule has 0 radical (unpaired) electrons. The smallest absolute Gasteiger partial charge is 0.260 e. The van der Waals surface area contributed by atoms with Crippen molar-refractivity contribution in [2.45, 2.75) is 18.1 Å². The van der Waals surface area contributed by atoms with E-state index >= 15 is 0 Å². The number of carbonyl (C=O) groups is 1. The van der Waals surface area contributed by atoms with Crippen LogP contribution in [-0.4, -0.2) is 80.0 Å². The number of para-hydroxylation sites is 1. The molecule has 1 aromatic carbocycles. The van der Waals surface area contributed by atoms with E-state index < -0.39 is 0 Å². The monoisotopic (exact) mass is 332 g/mol. The van der Waals surface area contributed by atoms with E-state index in [1.54, 1.807) is 0 Å². The van der Waals surface area contributed by atoms with E-state index in [1.807, 2.05) is 35.2 Å². The summed E-state index contributed by atoms with van der Waals surface area (Å²) in [4.78, 5) is 16.5. The minimum Gasteiger partial charge on any atom is -0.484 e. The summed E-state index contributed by atoms with van der Waals surface area (Å²) in [5.74, 6) is 0.758. The fourth-order valence-electron chi connectivity index (χ4n) is 3.80. The third-order valence-corrected chi connectivity index (χ3v) is 5.17. The average Bonchev–Trinajstić information content (AvgIpc) is 3.06. The standard InChI is InChI=1S/C18H24N2O4/c21-17(12-23-16-4-2-1-3-5-16)20-13-18(14-20)10-15(11-24-18)19-6-8-22-9-7-19/h1-5,15H,6-14H2. The van der Waals surface area contributed by atoms with Gasteiger partial charge < -0.3 is 19.1 Å². The highest BCUT2D eigenvalue weighted by Gasteiger charge is 2.52. The van der Waals surface area contributed by atoms with Crippen LogP contribution in [0.15, 0.2) is 30.3 Å². The fourth-order valence-corrected chi connectivity index (χ4v) is 3.80. The number of hydrogen-bond donors (Lipinski definition) is 0. The van der Waals surface area contributed by atoms with Crippen LogP contribution in [0, 0.1) is 0 Å². The van der Waals surface area contributed by atoms with Crippen molar-refractivity contribution in [3.05, 3.63) is 30.3 Å². The molecule has 3 aliphatic heterocycles. The maximum Gasteiger partial charge on any atom is 0.260 e. The summed E-state index contributed by atoms with van der Waals surface area (Å²) in [6, 6.07) is 9.91. The van der Waals surface area contributed by atoms with Crippen molar-refractivity contribution in [1.29, 1.82) is 0 Å². The minimum atomic E-state index is -0.134. The number of carbonyl (C=O) groups excluding carboxylic acids is 1. The lowest BCUT2D eigenvalue weighted by Crippen LogP contribution is -2.64. The second-order valence-electron chi connectivity index (χ2n) is 6.85.